The fourth-order valence-electron chi connectivity index (χ4n) is 1.92. The monoisotopic (exact) mass is 341 g/mol. The second-order valence-corrected chi connectivity index (χ2v) is 7.22. The summed E-state index contributed by atoms with van der Waals surface area (Å²) in [5.74, 6) is -1.33. The molecule has 0 bridgehead atoms. The third-order valence-electron chi connectivity index (χ3n) is 3.13. The summed E-state index contributed by atoms with van der Waals surface area (Å²) in [6.45, 7) is 1.99. The van der Waals surface area contributed by atoms with E-state index in [-0.39, 0.29) is 5.91 Å². The lowest BCUT2D eigenvalue weighted by molar-refractivity contribution is -0.139. The predicted molar refractivity (Wildman–Crippen MR) is 90.2 cm³/mol. The number of hydrogen-bond acceptors (Lipinski definition) is 6. The maximum Gasteiger partial charge on any atom is 0.326 e. The second-order valence-electron chi connectivity index (χ2n) is 5.18. The van der Waals surface area contributed by atoms with Gasteiger partial charge in [-0.1, -0.05) is 31.1 Å². The third-order valence-corrected chi connectivity index (χ3v) is 5.46. The molecule has 2 aromatic rings. The van der Waals surface area contributed by atoms with E-state index in [1.165, 1.54) is 22.7 Å². The number of nitrogens with zero attached hydrogens (tertiary/aromatic N) is 2. The van der Waals surface area contributed by atoms with E-state index in [0.717, 1.165) is 27.5 Å². The highest BCUT2D eigenvalue weighted by atomic mass is 32.1. The number of amides is 1. The molecule has 0 radical (unpaired) electrons. The van der Waals surface area contributed by atoms with Crippen LogP contribution >= 0.6 is 22.7 Å². The number of carbonyl (C=O) groups excluding carboxylic acids is 1. The minimum Gasteiger partial charge on any atom is -0.480 e. The van der Waals surface area contributed by atoms with Crippen LogP contribution in [-0.2, 0) is 4.79 Å². The summed E-state index contributed by atoms with van der Waals surface area (Å²) in [7, 11) is 3.84. The molecule has 6 nitrogen and oxygen atoms in total. The second kappa shape index (κ2) is 7.06. The Bertz CT molecular complexity index is 646. The van der Waals surface area contributed by atoms with E-state index in [0.29, 0.717) is 11.3 Å². The number of aliphatic carboxylic acids is 1. The molecule has 0 aromatic carbocycles. The Morgan fingerprint density at radius 3 is 2.68 bits per heavy atom. The molecule has 2 heterocycles. The van der Waals surface area contributed by atoms with E-state index in [2.05, 4.69) is 10.3 Å². The van der Waals surface area contributed by atoms with Crippen LogP contribution in [0.4, 0.5) is 5.13 Å². The third kappa shape index (κ3) is 3.75. The van der Waals surface area contributed by atoms with E-state index >= 15 is 0 Å². The van der Waals surface area contributed by atoms with Gasteiger partial charge >= 0.3 is 5.97 Å². The van der Waals surface area contributed by atoms with Crippen molar-refractivity contribution in [3.8, 4) is 0 Å². The highest BCUT2D eigenvalue weighted by molar-refractivity contribution is 7.29. The molecule has 0 saturated carbocycles. The molecule has 2 rings (SSSR count). The first kappa shape index (κ1) is 16.7. The number of carbonyl (C=O) groups is 2. The first-order valence-corrected chi connectivity index (χ1v) is 8.67. The van der Waals surface area contributed by atoms with Gasteiger partial charge in [0.2, 0.25) is 0 Å². The van der Waals surface area contributed by atoms with Crippen molar-refractivity contribution in [1.29, 1.82) is 0 Å². The molecule has 2 N–H and O–H groups in total. The smallest absolute Gasteiger partial charge is 0.326 e. The van der Waals surface area contributed by atoms with Crippen molar-refractivity contribution in [2.75, 3.05) is 19.0 Å². The van der Waals surface area contributed by atoms with Gasteiger partial charge in [-0.3, -0.25) is 4.79 Å². The minimum absolute atomic E-state index is 0.342. The van der Waals surface area contributed by atoms with Crippen LogP contribution in [0.2, 0.25) is 0 Å². The van der Waals surface area contributed by atoms with Gasteiger partial charge in [-0.15, -0.1) is 11.3 Å². The largest absolute Gasteiger partial charge is 0.480 e. The van der Waals surface area contributed by atoms with Crippen LogP contribution in [0, 0.1) is 0 Å². The van der Waals surface area contributed by atoms with Gasteiger partial charge in [0.25, 0.3) is 5.91 Å². The first-order valence-electron chi connectivity index (χ1n) is 7.03. The number of nitrogens with one attached hydrogen (secondary N) is 1. The van der Waals surface area contributed by atoms with Crippen molar-refractivity contribution < 1.29 is 14.7 Å². The van der Waals surface area contributed by atoms with Gasteiger partial charge in [0.05, 0.1) is 9.58 Å². The molecule has 1 atom stereocenters. The molecule has 0 aliphatic carbocycles. The number of fused-ring (bicyclic) bond motifs is 1. The molecule has 0 spiro atoms. The summed E-state index contributed by atoms with van der Waals surface area (Å²) < 4.78 is 0.944. The van der Waals surface area contributed by atoms with Crippen LogP contribution in [0.1, 0.15) is 35.9 Å². The molecular formula is C14H19N3O3S2. The molecule has 0 saturated heterocycles. The van der Waals surface area contributed by atoms with Gasteiger partial charge in [0.1, 0.15) is 10.9 Å². The lowest BCUT2D eigenvalue weighted by Gasteiger charge is -2.13. The fraction of sp³-hybridized carbons (Fsp3) is 0.500. The van der Waals surface area contributed by atoms with Crippen molar-refractivity contribution in [3.63, 3.8) is 0 Å². The number of carboxylic acid groups (broad SMARTS) is 1. The Morgan fingerprint density at radius 2 is 2.14 bits per heavy atom. The number of aromatic nitrogens is 1. The predicted octanol–water partition coefficient (Wildman–Crippen LogP) is 2.80. The topological polar surface area (TPSA) is 82.5 Å². The highest BCUT2D eigenvalue weighted by Crippen LogP contribution is 2.33. The summed E-state index contributed by atoms with van der Waals surface area (Å²) in [4.78, 5) is 31.1. The number of thiazole rings is 1. The maximum atomic E-state index is 12.2. The summed E-state index contributed by atoms with van der Waals surface area (Å²) >= 11 is 2.80. The molecule has 0 aliphatic heterocycles. The summed E-state index contributed by atoms with van der Waals surface area (Å²) in [5.41, 5.74) is 0. The van der Waals surface area contributed by atoms with Gasteiger partial charge in [0, 0.05) is 14.1 Å². The van der Waals surface area contributed by atoms with Crippen LogP contribution in [0.25, 0.3) is 9.53 Å². The van der Waals surface area contributed by atoms with Gasteiger partial charge in [-0.25, -0.2) is 9.78 Å². The zero-order valence-electron chi connectivity index (χ0n) is 12.8. The quantitative estimate of drug-likeness (QED) is 0.809. The zero-order valence-corrected chi connectivity index (χ0v) is 14.4. The van der Waals surface area contributed by atoms with E-state index in [9.17, 15) is 9.59 Å². The number of unbranched alkanes of at least 4 members (excludes halogenated alkanes) is 1. The maximum absolute atomic E-state index is 12.2. The summed E-state index contributed by atoms with van der Waals surface area (Å²) in [6.07, 6.45) is 2.11. The molecule has 0 fully saturated rings. The SMILES string of the molecule is CCCC[C@H](NC(=O)c1cc2sc(N(C)C)nc2s1)C(=O)O. The number of anilines is 1. The van der Waals surface area contributed by atoms with E-state index in [1.807, 2.05) is 25.9 Å². The number of thiophene rings is 1. The molecule has 2 aromatic heterocycles. The Hall–Kier alpha value is -1.67. The Kier molecular flexibility index (Phi) is 5.36. The van der Waals surface area contributed by atoms with E-state index in [1.54, 1.807) is 6.07 Å². The van der Waals surface area contributed by atoms with Crippen molar-refractivity contribution >= 4 is 49.2 Å². The molecule has 22 heavy (non-hydrogen) atoms. The van der Waals surface area contributed by atoms with Gasteiger partial charge in [0.15, 0.2) is 5.13 Å². The van der Waals surface area contributed by atoms with Gasteiger partial charge < -0.3 is 15.3 Å². The standard InChI is InChI=1S/C14H19N3O3S2/c1-4-5-6-8(13(19)20)15-11(18)9-7-10-12(21-9)16-14(22-10)17(2)3/h7-8H,4-6H2,1-3H3,(H,15,18)(H,19,20)/t8-/m0/s1. The molecule has 8 heteroatoms. The van der Waals surface area contributed by atoms with Crippen molar-refractivity contribution in [2.45, 2.75) is 32.2 Å². The first-order chi connectivity index (χ1) is 10.4. The molecular weight excluding hydrogens is 322 g/mol. The average molecular weight is 341 g/mol. The lowest BCUT2D eigenvalue weighted by Crippen LogP contribution is -2.40. The molecule has 120 valence electrons. The zero-order chi connectivity index (χ0) is 16.3. The highest BCUT2D eigenvalue weighted by Gasteiger charge is 2.22. The lowest BCUT2D eigenvalue weighted by atomic mass is 10.1. The number of hydrogen-bond donors (Lipinski definition) is 2. The molecule has 0 unspecified atom stereocenters. The van der Waals surface area contributed by atoms with Crippen LogP contribution in [0.15, 0.2) is 6.07 Å². The van der Waals surface area contributed by atoms with Crippen molar-refractivity contribution in [3.05, 3.63) is 10.9 Å². The Labute approximate surface area is 136 Å². The summed E-state index contributed by atoms with van der Waals surface area (Å²) in [5, 5.41) is 12.6. The fourth-order valence-corrected chi connectivity index (χ4v) is 3.96. The minimum atomic E-state index is -0.992. The van der Waals surface area contributed by atoms with E-state index in [4.69, 9.17) is 5.11 Å². The summed E-state index contributed by atoms with van der Waals surface area (Å²) in [6, 6.07) is 0.941. The van der Waals surface area contributed by atoms with Crippen LogP contribution in [0.5, 0.6) is 0 Å². The molecule has 0 aliphatic rings. The Balaban J connectivity index is 2.11. The van der Waals surface area contributed by atoms with Crippen molar-refractivity contribution in [2.24, 2.45) is 0 Å². The molecule has 1 amide bonds. The van der Waals surface area contributed by atoms with Crippen LogP contribution in [0.3, 0.4) is 0 Å². The van der Waals surface area contributed by atoms with Crippen LogP contribution < -0.4 is 10.2 Å². The number of rotatable bonds is 7. The van der Waals surface area contributed by atoms with E-state index < -0.39 is 12.0 Å². The van der Waals surface area contributed by atoms with Crippen molar-refractivity contribution in [1.82, 2.24) is 10.3 Å². The van der Waals surface area contributed by atoms with Gasteiger partial charge in [-0.05, 0) is 12.5 Å². The normalized spacial score (nSPS) is 12.3. The number of carboxylic acids is 1. The average Bonchev–Trinajstić information content (AvgIpc) is 3.01. The van der Waals surface area contributed by atoms with Crippen LogP contribution in [-0.4, -0.2) is 42.1 Å². The Morgan fingerprint density at radius 1 is 1.41 bits per heavy atom. The van der Waals surface area contributed by atoms with Gasteiger partial charge in [-0.2, -0.15) is 0 Å².